The molecule has 0 aromatic carbocycles. The van der Waals surface area contributed by atoms with Gasteiger partial charge in [0.2, 0.25) is 0 Å². The second-order valence-electron chi connectivity index (χ2n) is 0.260. The number of thiol groups is 1. The van der Waals surface area contributed by atoms with Crippen LogP contribution in [0.3, 0.4) is 0 Å². The predicted molar refractivity (Wildman–Crippen MR) is 38.9 cm³/mol. The summed E-state index contributed by atoms with van der Waals surface area (Å²) >= 11 is 4.91. The summed E-state index contributed by atoms with van der Waals surface area (Å²) in [5, 5.41) is 0. The van der Waals surface area contributed by atoms with E-state index in [1.54, 1.807) is 9.83 Å². The van der Waals surface area contributed by atoms with Crippen molar-refractivity contribution in [2.24, 2.45) is 0 Å². The van der Waals surface area contributed by atoms with E-state index in [2.05, 4.69) is 11.7 Å². The molecule has 0 nitrogen and oxygen atoms in total. The molecule has 0 saturated heterocycles. The zero-order chi connectivity index (χ0) is 4.12. The summed E-state index contributed by atoms with van der Waals surface area (Å²) in [6.45, 7) is 0. The summed E-state index contributed by atoms with van der Waals surface area (Å²) in [7, 11) is 5.13. The SMILES string of the molecule is SSS[S][InH]. The van der Waals surface area contributed by atoms with Crippen molar-refractivity contribution in [1.82, 2.24) is 0 Å². The molecule has 0 aliphatic rings. The third-order valence-electron chi connectivity index (χ3n) is 0.0785. The van der Waals surface area contributed by atoms with Crippen LogP contribution >= 0.6 is 38.9 Å². The van der Waals surface area contributed by atoms with E-state index in [1.807, 2.05) is 7.62 Å². The van der Waals surface area contributed by atoms with Crippen LogP contribution in [-0.2, 0) is 0 Å². The molecule has 0 fully saturated rings. The van der Waals surface area contributed by atoms with Gasteiger partial charge in [-0.05, 0) is 0 Å². The summed E-state index contributed by atoms with van der Waals surface area (Å²) in [4.78, 5) is 0. The van der Waals surface area contributed by atoms with E-state index in [9.17, 15) is 0 Å². The topological polar surface area (TPSA) is 0 Å². The minimum absolute atomic E-state index is 1.03. The Hall–Kier alpha value is 2.27. The van der Waals surface area contributed by atoms with Gasteiger partial charge in [-0.15, -0.1) is 0 Å². The summed E-state index contributed by atoms with van der Waals surface area (Å²) < 4.78 is 0. The van der Waals surface area contributed by atoms with Gasteiger partial charge in [0, 0.05) is 0 Å². The van der Waals surface area contributed by atoms with Gasteiger partial charge in [0.25, 0.3) is 0 Å². The molecule has 0 spiro atoms. The van der Waals surface area contributed by atoms with Crippen molar-refractivity contribution in [1.29, 1.82) is 0 Å². The van der Waals surface area contributed by atoms with Gasteiger partial charge in [0.1, 0.15) is 0 Å². The Labute approximate surface area is 61.1 Å². The Morgan fingerprint density at radius 2 is 2.20 bits per heavy atom. The molecule has 0 heterocycles. The van der Waals surface area contributed by atoms with Gasteiger partial charge in [-0.1, -0.05) is 0 Å². The molecular weight excluding hydrogens is 243 g/mol. The van der Waals surface area contributed by atoms with Crippen LogP contribution in [0, 0.1) is 0 Å². The van der Waals surface area contributed by atoms with Crippen LogP contribution in [0.25, 0.3) is 0 Å². The van der Waals surface area contributed by atoms with Crippen molar-refractivity contribution in [2.75, 3.05) is 0 Å². The molecule has 0 N–H and O–H groups in total. The van der Waals surface area contributed by atoms with Crippen LogP contribution in [0.15, 0.2) is 0 Å². The Bertz CT molecular complexity index is 11.1. The van der Waals surface area contributed by atoms with Crippen LogP contribution in [-0.4, -0.2) is 22.9 Å². The summed E-state index contributed by atoms with van der Waals surface area (Å²) in [5.74, 6) is 0. The Morgan fingerprint density at radius 1 is 1.60 bits per heavy atom. The first-order chi connectivity index (χ1) is 2.41. The zero-order valence-corrected chi connectivity index (χ0v) is 9.76. The summed E-state index contributed by atoms with van der Waals surface area (Å²) in [6.07, 6.45) is 0. The number of hydrogen-bond donors (Lipinski definition) is 1. The third kappa shape index (κ3) is 6.27. The van der Waals surface area contributed by atoms with Gasteiger partial charge >= 0.3 is 61.9 Å². The summed E-state index contributed by atoms with van der Waals surface area (Å²) in [6, 6.07) is 0. The second-order valence-corrected chi connectivity index (χ2v) is 11.0. The minimum atomic E-state index is 1.03. The Balaban J connectivity index is 2.19. The van der Waals surface area contributed by atoms with E-state index in [1.165, 1.54) is 9.83 Å². The molecule has 0 saturated carbocycles. The second kappa shape index (κ2) is 6.27. The molecule has 0 amide bonds. The molecule has 0 rings (SSSR count). The standard InChI is InChI=1S/In.H2S4.H/c;1-3-4-2;/h;1-2H;/q+1;;/p-1. The van der Waals surface area contributed by atoms with E-state index in [4.69, 9.17) is 0 Å². The fourth-order valence-electron chi connectivity index (χ4n) is 0.0215. The van der Waals surface area contributed by atoms with Crippen LogP contribution in [0.2, 0.25) is 0 Å². The fraction of sp³-hybridized carbons (Fsp3) is 0. The van der Waals surface area contributed by atoms with Crippen molar-refractivity contribution in [3.05, 3.63) is 0 Å². The van der Waals surface area contributed by atoms with E-state index >= 15 is 0 Å². The van der Waals surface area contributed by atoms with Gasteiger partial charge in [0.15, 0.2) is 0 Å². The van der Waals surface area contributed by atoms with Crippen LogP contribution in [0.5, 0.6) is 0 Å². The average Bonchev–Trinajstić information content (AvgIpc) is 1.41. The van der Waals surface area contributed by atoms with E-state index in [-0.39, 0.29) is 0 Å². The molecule has 5 heteroatoms. The first-order valence-corrected chi connectivity index (χ1v) is 10.5. The first kappa shape index (κ1) is 7.27. The average molecular weight is 245 g/mol. The first-order valence-electron chi connectivity index (χ1n) is 0.805. The molecule has 0 aromatic heterocycles. The normalized spacial score (nSPS) is 8.20. The molecular formula is H2InS4. The molecule has 0 aliphatic heterocycles. The van der Waals surface area contributed by atoms with Crippen LogP contribution in [0.1, 0.15) is 0 Å². The molecule has 29 valence electrons. The predicted octanol–water partition coefficient (Wildman–Crippen LogP) is 1.68. The molecule has 5 heavy (non-hydrogen) atoms. The van der Waals surface area contributed by atoms with Gasteiger partial charge in [0.05, 0.1) is 0 Å². The van der Waals surface area contributed by atoms with Gasteiger partial charge in [-0.2, -0.15) is 0 Å². The van der Waals surface area contributed by atoms with E-state index < -0.39 is 0 Å². The van der Waals surface area contributed by atoms with E-state index in [0.717, 1.165) is 22.9 Å². The fourth-order valence-corrected chi connectivity index (χ4v) is 11.7. The molecule has 0 atom stereocenters. The monoisotopic (exact) mass is 245 g/mol. The molecule has 0 aromatic rings. The van der Waals surface area contributed by atoms with Crippen molar-refractivity contribution in [3.8, 4) is 0 Å². The zero-order valence-electron chi connectivity index (χ0n) is 2.38. The van der Waals surface area contributed by atoms with Crippen molar-refractivity contribution < 1.29 is 0 Å². The van der Waals surface area contributed by atoms with Crippen LogP contribution in [0.4, 0.5) is 0 Å². The van der Waals surface area contributed by atoms with Crippen molar-refractivity contribution in [2.45, 2.75) is 0 Å². The maximum atomic E-state index is 3.89. The summed E-state index contributed by atoms with van der Waals surface area (Å²) in [5.41, 5.74) is 0. The third-order valence-corrected chi connectivity index (χ3v) is 11.2. The molecule has 0 unspecified atom stereocenters. The van der Waals surface area contributed by atoms with Crippen LogP contribution < -0.4 is 0 Å². The Morgan fingerprint density at radius 3 is 2.20 bits per heavy atom. The quantitative estimate of drug-likeness (QED) is 0.581. The van der Waals surface area contributed by atoms with Crippen molar-refractivity contribution >= 4 is 61.9 Å². The van der Waals surface area contributed by atoms with E-state index in [0.29, 0.717) is 0 Å². The Kier molecular flexibility index (Phi) is 9.12. The molecule has 0 bridgehead atoms. The molecule has 1 radical (unpaired) electrons. The van der Waals surface area contributed by atoms with Gasteiger partial charge in [-0.25, -0.2) is 0 Å². The molecule has 0 aliphatic carbocycles. The van der Waals surface area contributed by atoms with Crippen molar-refractivity contribution in [3.63, 3.8) is 0 Å². The van der Waals surface area contributed by atoms with Gasteiger partial charge in [-0.3, -0.25) is 0 Å². The number of rotatable bonds is 2. The number of hydrogen-bond acceptors (Lipinski definition) is 4. The van der Waals surface area contributed by atoms with Gasteiger partial charge < -0.3 is 0 Å². The maximum absolute atomic E-state index is 3.89.